The summed E-state index contributed by atoms with van der Waals surface area (Å²) in [5.74, 6) is 0. The molecule has 0 aliphatic carbocycles. The molecule has 0 spiro atoms. The molecule has 1 atom stereocenters. The summed E-state index contributed by atoms with van der Waals surface area (Å²) >= 11 is 1.75. The quantitative estimate of drug-likeness (QED) is 0.686. The third kappa shape index (κ3) is 2.48. The molecular formula is C9H13NS. The number of nitrogens with two attached hydrogens (primary N) is 1. The summed E-state index contributed by atoms with van der Waals surface area (Å²) in [5, 5.41) is 2.07. The summed E-state index contributed by atoms with van der Waals surface area (Å²) in [4.78, 5) is 1.33. The highest BCUT2D eigenvalue weighted by Gasteiger charge is 2.03. The van der Waals surface area contributed by atoms with E-state index in [1.54, 1.807) is 11.3 Å². The Morgan fingerprint density at radius 1 is 1.82 bits per heavy atom. The molecule has 0 saturated heterocycles. The van der Waals surface area contributed by atoms with Crippen molar-refractivity contribution in [3.63, 3.8) is 0 Å². The summed E-state index contributed by atoms with van der Waals surface area (Å²) in [6, 6.07) is 4.27. The van der Waals surface area contributed by atoms with Gasteiger partial charge in [-0.2, -0.15) is 0 Å². The van der Waals surface area contributed by atoms with Crippen molar-refractivity contribution in [1.29, 1.82) is 0 Å². The number of hydrogen-bond acceptors (Lipinski definition) is 2. The van der Waals surface area contributed by atoms with Gasteiger partial charge in [-0.3, -0.25) is 0 Å². The average Bonchev–Trinajstić information content (AvgIpc) is 2.39. The Bertz CT molecular complexity index is 226. The van der Waals surface area contributed by atoms with Crippen LogP contribution in [0.2, 0.25) is 0 Å². The SMILES string of the molecule is C=C(C)C(N)Cc1cccs1. The molecule has 1 nitrogen and oxygen atoms in total. The average molecular weight is 167 g/mol. The highest BCUT2D eigenvalue weighted by molar-refractivity contribution is 7.09. The topological polar surface area (TPSA) is 26.0 Å². The van der Waals surface area contributed by atoms with Crippen LogP contribution < -0.4 is 5.73 Å². The lowest BCUT2D eigenvalue weighted by Gasteiger charge is -2.08. The van der Waals surface area contributed by atoms with Gasteiger partial charge in [0.1, 0.15) is 0 Å². The minimum absolute atomic E-state index is 0.119. The Morgan fingerprint density at radius 2 is 2.55 bits per heavy atom. The van der Waals surface area contributed by atoms with Crippen LogP contribution >= 0.6 is 11.3 Å². The van der Waals surface area contributed by atoms with Gasteiger partial charge in [-0.05, 0) is 18.4 Å². The monoisotopic (exact) mass is 167 g/mol. The van der Waals surface area contributed by atoms with E-state index in [1.807, 2.05) is 13.0 Å². The van der Waals surface area contributed by atoms with E-state index in [4.69, 9.17) is 5.73 Å². The van der Waals surface area contributed by atoms with Crippen molar-refractivity contribution in [1.82, 2.24) is 0 Å². The molecule has 1 unspecified atom stereocenters. The van der Waals surface area contributed by atoms with E-state index in [2.05, 4.69) is 18.0 Å². The van der Waals surface area contributed by atoms with Gasteiger partial charge in [0.25, 0.3) is 0 Å². The van der Waals surface area contributed by atoms with Crippen molar-refractivity contribution in [2.45, 2.75) is 19.4 Å². The van der Waals surface area contributed by atoms with Gasteiger partial charge in [0.05, 0.1) is 0 Å². The predicted molar refractivity (Wildman–Crippen MR) is 50.8 cm³/mol. The van der Waals surface area contributed by atoms with Crippen LogP contribution in [0.1, 0.15) is 11.8 Å². The van der Waals surface area contributed by atoms with Crippen molar-refractivity contribution in [3.8, 4) is 0 Å². The Morgan fingerprint density at radius 3 is 3.00 bits per heavy atom. The minimum Gasteiger partial charge on any atom is -0.324 e. The summed E-state index contributed by atoms with van der Waals surface area (Å²) in [6.07, 6.45) is 0.924. The van der Waals surface area contributed by atoms with Crippen molar-refractivity contribution < 1.29 is 0 Å². The lowest BCUT2D eigenvalue weighted by Crippen LogP contribution is -2.22. The van der Waals surface area contributed by atoms with Crippen molar-refractivity contribution in [2.24, 2.45) is 5.73 Å². The summed E-state index contributed by atoms with van der Waals surface area (Å²) < 4.78 is 0. The molecule has 0 saturated carbocycles. The second kappa shape index (κ2) is 3.69. The molecule has 0 fully saturated rings. The van der Waals surface area contributed by atoms with E-state index in [1.165, 1.54) is 4.88 Å². The zero-order valence-electron chi connectivity index (χ0n) is 6.71. The maximum atomic E-state index is 5.81. The van der Waals surface area contributed by atoms with E-state index in [0.717, 1.165) is 12.0 Å². The second-order valence-corrected chi connectivity index (χ2v) is 3.77. The van der Waals surface area contributed by atoms with Gasteiger partial charge in [0.2, 0.25) is 0 Å². The van der Waals surface area contributed by atoms with Gasteiger partial charge in [0.15, 0.2) is 0 Å². The van der Waals surface area contributed by atoms with Gasteiger partial charge in [-0.15, -0.1) is 11.3 Å². The van der Waals surface area contributed by atoms with E-state index in [0.29, 0.717) is 0 Å². The van der Waals surface area contributed by atoms with Gasteiger partial charge in [0, 0.05) is 17.3 Å². The largest absolute Gasteiger partial charge is 0.324 e. The molecular weight excluding hydrogens is 154 g/mol. The number of rotatable bonds is 3. The third-order valence-electron chi connectivity index (χ3n) is 1.63. The molecule has 0 aromatic carbocycles. The van der Waals surface area contributed by atoms with Crippen molar-refractivity contribution >= 4 is 11.3 Å². The molecule has 0 aliphatic rings. The summed E-state index contributed by atoms with van der Waals surface area (Å²) in [6.45, 7) is 5.79. The minimum atomic E-state index is 0.119. The molecule has 1 aromatic heterocycles. The molecule has 2 N–H and O–H groups in total. The fourth-order valence-electron chi connectivity index (χ4n) is 0.820. The lowest BCUT2D eigenvalue weighted by molar-refractivity contribution is 0.776. The molecule has 60 valence electrons. The predicted octanol–water partition coefficient (Wildman–Crippen LogP) is 2.19. The number of hydrogen-bond donors (Lipinski definition) is 1. The molecule has 0 radical (unpaired) electrons. The van der Waals surface area contributed by atoms with E-state index < -0.39 is 0 Å². The standard InChI is InChI=1S/C9H13NS/c1-7(2)9(10)6-8-4-3-5-11-8/h3-5,9H,1,6,10H2,2H3. The zero-order valence-corrected chi connectivity index (χ0v) is 7.53. The van der Waals surface area contributed by atoms with Crippen LogP contribution in [0.5, 0.6) is 0 Å². The Hall–Kier alpha value is -0.600. The summed E-state index contributed by atoms with van der Waals surface area (Å²) in [7, 11) is 0. The highest BCUT2D eigenvalue weighted by atomic mass is 32.1. The molecule has 2 heteroatoms. The Kier molecular flexibility index (Phi) is 2.85. The van der Waals surface area contributed by atoms with Crippen LogP contribution in [0.25, 0.3) is 0 Å². The molecule has 0 aliphatic heterocycles. The van der Waals surface area contributed by atoms with Gasteiger partial charge >= 0.3 is 0 Å². The maximum Gasteiger partial charge on any atom is 0.0297 e. The first-order valence-corrected chi connectivity index (χ1v) is 4.51. The number of thiophene rings is 1. The van der Waals surface area contributed by atoms with Gasteiger partial charge < -0.3 is 5.73 Å². The van der Waals surface area contributed by atoms with Crippen LogP contribution in [0.3, 0.4) is 0 Å². The molecule has 0 amide bonds. The van der Waals surface area contributed by atoms with E-state index in [-0.39, 0.29) is 6.04 Å². The molecule has 1 rings (SSSR count). The zero-order chi connectivity index (χ0) is 8.27. The molecule has 1 heterocycles. The third-order valence-corrected chi connectivity index (χ3v) is 2.53. The van der Waals surface area contributed by atoms with Crippen LogP contribution in [0, 0.1) is 0 Å². The first-order valence-electron chi connectivity index (χ1n) is 3.63. The van der Waals surface area contributed by atoms with Crippen LogP contribution in [-0.4, -0.2) is 6.04 Å². The van der Waals surface area contributed by atoms with Crippen molar-refractivity contribution in [3.05, 3.63) is 34.5 Å². The van der Waals surface area contributed by atoms with Crippen LogP contribution in [-0.2, 0) is 6.42 Å². The smallest absolute Gasteiger partial charge is 0.0297 e. The second-order valence-electron chi connectivity index (χ2n) is 2.74. The van der Waals surface area contributed by atoms with Gasteiger partial charge in [-0.1, -0.05) is 18.2 Å². The molecule has 11 heavy (non-hydrogen) atoms. The lowest BCUT2D eigenvalue weighted by atomic mass is 10.1. The Balaban J connectivity index is 2.50. The van der Waals surface area contributed by atoms with Gasteiger partial charge in [-0.25, -0.2) is 0 Å². The summed E-state index contributed by atoms with van der Waals surface area (Å²) in [5.41, 5.74) is 6.87. The van der Waals surface area contributed by atoms with E-state index >= 15 is 0 Å². The van der Waals surface area contributed by atoms with E-state index in [9.17, 15) is 0 Å². The van der Waals surface area contributed by atoms with Crippen LogP contribution in [0.15, 0.2) is 29.7 Å². The first kappa shape index (κ1) is 8.50. The molecule has 1 aromatic rings. The Labute approximate surface area is 71.5 Å². The fraction of sp³-hybridized carbons (Fsp3) is 0.333. The fourth-order valence-corrected chi connectivity index (χ4v) is 1.58. The molecule has 0 bridgehead atoms. The first-order chi connectivity index (χ1) is 5.20. The maximum absolute atomic E-state index is 5.81. The van der Waals surface area contributed by atoms with Crippen LogP contribution in [0.4, 0.5) is 0 Å². The van der Waals surface area contributed by atoms with Crippen molar-refractivity contribution in [2.75, 3.05) is 0 Å². The normalized spacial score (nSPS) is 12.9. The highest BCUT2D eigenvalue weighted by Crippen LogP contribution is 2.12.